The maximum atomic E-state index is 11.8. The largest absolute Gasteiger partial charge is 0.478 e. The third-order valence-electron chi connectivity index (χ3n) is 2.93. The summed E-state index contributed by atoms with van der Waals surface area (Å²) in [6, 6.07) is 4.58. The van der Waals surface area contributed by atoms with Crippen LogP contribution in [-0.4, -0.2) is 46.0 Å². The van der Waals surface area contributed by atoms with Gasteiger partial charge in [-0.25, -0.2) is 4.79 Å². The molecular formula is C13H13BrN2O4S. The summed E-state index contributed by atoms with van der Waals surface area (Å²) >= 11 is 4.39. The smallest absolute Gasteiger partial charge is 0.336 e. The van der Waals surface area contributed by atoms with E-state index in [0.29, 0.717) is 23.2 Å². The van der Waals surface area contributed by atoms with Crippen molar-refractivity contribution < 1.29 is 19.5 Å². The molecule has 2 N–H and O–H groups in total. The molecule has 2 amide bonds. The first-order valence-corrected chi connectivity index (χ1v) is 7.99. The number of rotatable bonds is 5. The normalized spacial score (nSPS) is 14.3. The fourth-order valence-corrected chi connectivity index (χ4v) is 3.12. The van der Waals surface area contributed by atoms with E-state index in [-0.39, 0.29) is 23.1 Å². The van der Waals surface area contributed by atoms with Crippen LogP contribution in [0.25, 0.3) is 0 Å². The zero-order valence-electron chi connectivity index (χ0n) is 11.0. The third kappa shape index (κ3) is 4.21. The molecule has 0 atom stereocenters. The molecular weight excluding hydrogens is 360 g/mol. The quantitative estimate of drug-likeness (QED) is 0.829. The van der Waals surface area contributed by atoms with Gasteiger partial charge in [-0.1, -0.05) is 11.8 Å². The number of amides is 2. The Kier molecular flexibility index (Phi) is 5.24. The molecule has 21 heavy (non-hydrogen) atoms. The molecule has 1 fully saturated rings. The second-order valence-corrected chi connectivity index (χ2v) is 6.30. The van der Waals surface area contributed by atoms with Gasteiger partial charge in [-0.3, -0.25) is 9.59 Å². The zero-order chi connectivity index (χ0) is 15.4. The number of halogens is 1. The number of carbonyl (C=O) groups excluding carboxylic acids is 2. The van der Waals surface area contributed by atoms with Crippen molar-refractivity contribution in [2.75, 3.05) is 24.2 Å². The van der Waals surface area contributed by atoms with Gasteiger partial charge in [-0.05, 0) is 34.1 Å². The molecule has 6 nitrogen and oxygen atoms in total. The first-order chi connectivity index (χ1) is 9.97. The predicted molar refractivity (Wildman–Crippen MR) is 83.8 cm³/mol. The predicted octanol–water partition coefficient (Wildman–Crippen LogP) is 2.64. The molecule has 1 aromatic rings. The first-order valence-electron chi connectivity index (χ1n) is 6.22. The van der Waals surface area contributed by atoms with Crippen LogP contribution < -0.4 is 5.32 Å². The van der Waals surface area contributed by atoms with E-state index in [9.17, 15) is 14.4 Å². The van der Waals surface area contributed by atoms with E-state index in [2.05, 4.69) is 21.2 Å². The van der Waals surface area contributed by atoms with Crippen LogP contribution in [0.1, 0.15) is 16.8 Å². The Labute approximate surface area is 134 Å². The van der Waals surface area contributed by atoms with Crippen LogP contribution in [0.3, 0.4) is 0 Å². The van der Waals surface area contributed by atoms with E-state index in [1.54, 1.807) is 17.0 Å². The standard InChI is InChI=1S/C13H13BrN2O4S/c14-10-2-1-8(7-9(10)12(18)19)15-11(17)3-4-16-5-6-21-13(16)20/h1-2,7H,3-6H2,(H,15,17)(H,18,19). The number of benzene rings is 1. The molecule has 1 heterocycles. The molecule has 0 unspecified atom stereocenters. The van der Waals surface area contributed by atoms with Gasteiger partial charge >= 0.3 is 5.97 Å². The SMILES string of the molecule is O=C(CCN1CCSC1=O)Nc1ccc(Br)c(C(=O)O)c1. The van der Waals surface area contributed by atoms with Crippen molar-refractivity contribution >= 4 is 50.5 Å². The lowest BCUT2D eigenvalue weighted by molar-refractivity contribution is -0.116. The van der Waals surface area contributed by atoms with Crippen molar-refractivity contribution in [1.82, 2.24) is 4.90 Å². The number of carboxylic acids is 1. The van der Waals surface area contributed by atoms with Crippen LogP contribution in [0, 0.1) is 0 Å². The van der Waals surface area contributed by atoms with Crippen molar-refractivity contribution in [3.05, 3.63) is 28.2 Å². The summed E-state index contributed by atoms with van der Waals surface area (Å²) in [5.74, 6) is -0.564. The highest BCUT2D eigenvalue weighted by atomic mass is 79.9. The molecule has 0 bridgehead atoms. The van der Waals surface area contributed by atoms with Gasteiger partial charge in [0.25, 0.3) is 5.24 Å². The minimum Gasteiger partial charge on any atom is -0.478 e. The number of hydrogen-bond donors (Lipinski definition) is 2. The summed E-state index contributed by atoms with van der Waals surface area (Å²) in [6.45, 7) is 1.04. The third-order valence-corrected chi connectivity index (χ3v) is 4.52. The molecule has 1 saturated heterocycles. The lowest BCUT2D eigenvalue weighted by Gasteiger charge is -2.14. The molecule has 0 aromatic heterocycles. The number of nitrogens with one attached hydrogen (secondary N) is 1. The highest BCUT2D eigenvalue weighted by Gasteiger charge is 2.21. The molecule has 0 spiro atoms. The van der Waals surface area contributed by atoms with E-state index in [0.717, 1.165) is 5.75 Å². The van der Waals surface area contributed by atoms with Crippen LogP contribution in [-0.2, 0) is 4.79 Å². The molecule has 0 saturated carbocycles. The summed E-state index contributed by atoms with van der Waals surface area (Å²) < 4.78 is 0.452. The Hall–Kier alpha value is -1.54. The summed E-state index contributed by atoms with van der Waals surface area (Å²) in [5.41, 5.74) is 0.502. The zero-order valence-corrected chi connectivity index (χ0v) is 13.4. The topological polar surface area (TPSA) is 86.7 Å². The van der Waals surface area contributed by atoms with Gasteiger partial charge in [-0.2, -0.15) is 0 Å². The van der Waals surface area contributed by atoms with Crippen LogP contribution in [0.2, 0.25) is 0 Å². The average Bonchev–Trinajstić information content (AvgIpc) is 2.84. The Balaban J connectivity index is 1.92. The monoisotopic (exact) mass is 372 g/mol. The van der Waals surface area contributed by atoms with E-state index in [1.807, 2.05) is 0 Å². The second-order valence-electron chi connectivity index (χ2n) is 4.40. The van der Waals surface area contributed by atoms with Crippen LogP contribution in [0.15, 0.2) is 22.7 Å². The van der Waals surface area contributed by atoms with Gasteiger partial charge < -0.3 is 15.3 Å². The van der Waals surface area contributed by atoms with Crippen molar-refractivity contribution in [2.45, 2.75) is 6.42 Å². The molecule has 1 aliphatic rings. The molecule has 8 heteroatoms. The highest BCUT2D eigenvalue weighted by Crippen LogP contribution is 2.21. The number of anilines is 1. The fraction of sp³-hybridized carbons (Fsp3) is 0.308. The van der Waals surface area contributed by atoms with Crippen LogP contribution in [0.4, 0.5) is 10.5 Å². The number of hydrogen-bond acceptors (Lipinski definition) is 4. The Morgan fingerprint density at radius 3 is 2.81 bits per heavy atom. The lowest BCUT2D eigenvalue weighted by atomic mass is 10.2. The van der Waals surface area contributed by atoms with Crippen molar-refractivity contribution in [2.24, 2.45) is 0 Å². The number of carbonyl (C=O) groups is 3. The van der Waals surface area contributed by atoms with Gasteiger partial charge in [0.2, 0.25) is 5.91 Å². The molecule has 0 aliphatic carbocycles. The van der Waals surface area contributed by atoms with Crippen molar-refractivity contribution in [1.29, 1.82) is 0 Å². The van der Waals surface area contributed by atoms with Gasteiger partial charge in [-0.15, -0.1) is 0 Å². The minimum absolute atomic E-state index is 0.000366. The van der Waals surface area contributed by atoms with Gasteiger partial charge in [0, 0.05) is 35.4 Å². The summed E-state index contributed by atoms with van der Waals surface area (Å²) in [4.78, 5) is 35.9. The van der Waals surface area contributed by atoms with Gasteiger partial charge in [0.15, 0.2) is 0 Å². The minimum atomic E-state index is -1.07. The van der Waals surface area contributed by atoms with Crippen molar-refractivity contribution in [3.63, 3.8) is 0 Å². The van der Waals surface area contributed by atoms with E-state index < -0.39 is 5.97 Å². The van der Waals surface area contributed by atoms with Crippen LogP contribution >= 0.6 is 27.7 Å². The number of thioether (sulfide) groups is 1. The second kappa shape index (κ2) is 6.95. The Morgan fingerprint density at radius 1 is 1.43 bits per heavy atom. The van der Waals surface area contributed by atoms with Gasteiger partial charge in [0.05, 0.1) is 5.56 Å². The maximum absolute atomic E-state index is 11.8. The van der Waals surface area contributed by atoms with E-state index in [1.165, 1.54) is 17.8 Å². The molecule has 2 rings (SSSR count). The van der Waals surface area contributed by atoms with Gasteiger partial charge in [0.1, 0.15) is 0 Å². The van der Waals surface area contributed by atoms with E-state index >= 15 is 0 Å². The highest BCUT2D eigenvalue weighted by molar-refractivity contribution is 9.10. The van der Waals surface area contributed by atoms with Crippen LogP contribution in [0.5, 0.6) is 0 Å². The summed E-state index contributed by atoms with van der Waals surface area (Å²) in [6.07, 6.45) is 0.185. The Morgan fingerprint density at radius 2 is 2.19 bits per heavy atom. The summed E-state index contributed by atoms with van der Waals surface area (Å²) in [7, 11) is 0. The Bertz CT molecular complexity index is 594. The van der Waals surface area contributed by atoms with Crippen molar-refractivity contribution in [3.8, 4) is 0 Å². The average molecular weight is 373 g/mol. The molecule has 1 aromatic carbocycles. The fourth-order valence-electron chi connectivity index (χ4n) is 1.86. The number of aromatic carboxylic acids is 1. The molecule has 112 valence electrons. The molecule has 1 aliphatic heterocycles. The summed E-state index contributed by atoms with van der Waals surface area (Å²) in [5, 5.41) is 11.6. The first kappa shape index (κ1) is 15.8. The molecule has 0 radical (unpaired) electrons. The van der Waals surface area contributed by atoms with E-state index in [4.69, 9.17) is 5.11 Å². The maximum Gasteiger partial charge on any atom is 0.336 e. The lowest BCUT2D eigenvalue weighted by Crippen LogP contribution is -2.27. The number of nitrogens with zero attached hydrogens (tertiary/aromatic N) is 1. The number of carboxylic acid groups (broad SMARTS) is 1.